The lowest BCUT2D eigenvalue weighted by molar-refractivity contribution is 0.478. The number of halogens is 1. The number of rotatable bonds is 6. The minimum Gasteiger partial charge on any atom is -0.407 e. The van der Waals surface area contributed by atoms with Crippen molar-refractivity contribution in [1.29, 1.82) is 0 Å². The number of aromatic nitrogens is 2. The molecule has 0 bridgehead atoms. The molecule has 6 heteroatoms. The summed E-state index contributed by atoms with van der Waals surface area (Å²) in [5.74, 6) is 0.572. The van der Waals surface area contributed by atoms with E-state index < -0.39 is 0 Å². The van der Waals surface area contributed by atoms with Gasteiger partial charge >= 0.3 is 6.01 Å². The van der Waals surface area contributed by atoms with Crippen LogP contribution in [-0.4, -0.2) is 16.7 Å². The summed E-state index contributed by atoms with van der Waals surface area (Å²) in [6.45, 7) is 5.48. The molecule has 1 aromatic carbocycles. The van der Waals surface area contributed by atoms with Gasteiger partial charge in [0.2, 0.25) is 5.89 Å². The Bertz CT molecular complexity index is 529. The zero-order chi connectivity index (χ0) is 13.7. The largest absolute Gasteiger partial charge is 0.407 e. The number of nitrogens with one attached hydrogen (secondary N) is 2. The fourth-order valence-corrected chi connectivity index (χ4v) is 1.86. The van der Waals surface area contributed by atoms with Crippen LogP contribution in [0.4, 0.5) is 6.01 Å². The Morgan fingerprint density at radius 3 is 2.95 bits per heavy atom. The van der Waals surface area contributed by atoms with Gasteiger partial charge in [-0.2, -0.15) is 0 Å². The standard InChI is InChI=1S/C13H17ClN4O/c1-3-15-8-12-17-18-13(19-12)16-9(2)10-5-4-6-11(14)7-10/h4-7,9,15H,3,8H2,1-2H3,(H,16,18). The van der Waals surface area contributed by atoms with Gasteiger partial charge in [-0.05, 0) is 31.2 Å². The second-order valence-corrected chi connectivity index (χ2v) is 4.64. The molecule has 2 N–H and O–H groups in total. The summed E-state index contributed by atoms with van der Waals surface area (Å²) in [7, 11) is 0. The molecule has 1 unspecified atom stereocenters. The van der Waals surface area contributed by atoms with E-state index in [-0.39, 0.29) is 6.04 Å². The Hall–Kier alpha value is -1.59. The highest BCUT2D eigenvalue weighted by atomic mass is 35.5. The van der Waals surface area contributed by atoms with Crippen molar-refractivity contribution in [2.24, 2.45) is 0 Å². The predicted molar refractivity (Wildman–Crippen MR) is 75.2 cm³/mol. The fraction of sp³-hybridized carbons (Fsp3) is 0.385. The van der Waals surface area contributed by atoms with E-state index in [0.717, 1.165) is 12.1 Å². The van der Waals surface area contributed by atoms with Crippen molar-refractivity contribution in [2.45, 2.75) is 26.4 Å². The molecule has 0 aliphatic carbocycles. The second-order valence-electron chi connectivity index (χ2n) is 4.20. The molecule has 0 saturated carbocycles. The molecule has 102 valence electrons. The third-order valence-electron chi connectivity index (χ3n) is 2.68. The summed E-state index contributed by atoms with van der Waals surface area (Å²) in [6, 6.07) is 8.14. The van der Waals surface area contributed by atoms with Crippen LogP contribution in [0.1, 0.15) is 31.3 Å². The predicted octanol–water partition coefficient (Wildman–Crippen LogP) is 3.01. The first-order valence-corrected chi connectivity index (χ1v) is 6.62. The van der Waals surface area contributed by atoms with Crippen LogP contribution >= 0.6 is 11.6 Å². The molecule has 0 amide bonds. The van der Waals surface area contributed by atoms with E-state index in [2.05, 4.69) is 20.8 Å². The van der Waals surface area contributed by atoms with Crippen molar-refractivity contribution >= 4 is 17.6 Å². The molecule has 1 atom stereocenters. The van der Waals surface area contributed by atoms with Gasteiger partial charge in [-0.1, -0.05) is 35.8 Å². The van der Waals surface area contributed by atoms with Crippen molar-refractivity contribution in [3.63, 3.8) is 0 Å². The van der Waals surface area contributed by atoms with E-state index in [0.29, 0.717) is 23.5 Å². The van der Waals surface area contributed by atoms with Crippen LogP contribution < -0.4 is 10.6 Å². The van der Waals surface area contributed by atoms with E-state index in [1.165, 1.54) is 0 Å². The van der Waals surface area contributed by atoms with Crippen LogP contribution in [-0.2, 0) is 6.54 Å². The minimum absolute atomic E-state index is 0.0473. The van der Waals surface area contributed by atoms with Gasteiger partial charge in [-0.15, -0.1) is 5.10 Å². The van der Waals surface area contributed by atoms with Gasteiger partial charge in [0, 0.05) is 5.02 Å². The molecule has 2 rings (SSSR count). The summed E-state index contributed by atoms with van der Waals surface area (Å²) in [5, 5.41) is 14.9. The molecule has 0 aliphatic heterocycles. The van der Waals surface area contributed by atoms with Gasteiger partial charge in [-0.25, -0.2) is 0 Å². The molecular formula is C13H17ClN4O. The second kappa shape index (κ2) is 6.54. The molecular weight excluding hydrogens is 264 g/mol. The van der Waals surface area contributed by atoms with Crippen molar-refractivity contribution in [1.82, 2.24) is 15.5 Å². The summed E-state index contributed by atoms with van der Waals surface area (Å²) in [4.78, 5) is 0. The van der Waals surface area contributed by atoms with Crippen LogP contribution in [0.15, 0.2) is 28.7 Å². The lowest BCUT2D eigenvalue weighted by Crippen LogP contribution is -2.11. The highest BCUT2D eigenvalue weighted by Gasteiger charge is 2.10. The average Bonchev–Trinajstić information content (AvgIpc) is 2.84. The zero-order valence-corrected chi connectivity index (χ0v) is 11.7. The van der Waals surface area contributed by atoms with E-state index in [9.17, 15) is 0 Å². The van der Waals surface area contributed by atoms with Crippen molar-refractivity contribution in [2.75, 3.05) is 11.9 Å². The summed E-state index contributed by atoms with van der Waals surface area (Å²) >= 11 is 5.97. The van der Waals surface area contributed by atoms with Crippen molar-refractivity contribution < 1.29 is 4.42 Å². The first-order chi connectivity index (χ1) is 9.19. The highest BCUT2D eigenvalue weighted by Crippen LogP contribution is 2.21. The molecule has 19 heavy (non-hydrogen) atoms. The van der Waals surface area contributed by atoms with E-state index in [1.807, 2.05) is 38.1 Å². The fourth-order valence-electron chi connectivity index (χ4n) is 1.66. The smallest absolute Gasteiger partial charge is 0.315 e. The minimum atomic E-state index is 0.0473. The molecule has 1 heterocycles. The first kappa shape index (κ1) is 13.8. The maximum atomic E-state index is 5.97. The zero-order valence-electron chi connectivity index (χ0n) is 11.0. The Labute approximate surface area is 117 Å². The molecule has 1 aromatic heterocycles. The Morgan fingerprint density at radius 2 is 2.21 bits per heavy atom. The van der Waals surface area contributed by atoms with Crippen LogP contribution in [0.5, 0.6) is 0 Å². The van der Waals surface area contributed by atoms with Crippen LogP contribution in [0.3, 0.4) is 0 Å². The molecule has 0 aliphatic rings. The van der Waals surface area contributed by atoms with Crippen molar-refractivity contribution in [3.8, 4) is 0 Å². The SMILES string of the molecule is CCNCc1nnc(NC(C)c2cccc(Cl)c2)o1. The number of hydrogen-bond donors (Lipinski definition) is 2. The molecule has 2 aromatic rings. The maximum absolute atomic E-state index is 5.97. The number of nitrogens with zero attached hydrogens (tertiary/aromatic N) is 2. The highest BCUT2D eigenvalue weighted by molar-refractivity contribution is 6.30. The van der Waals surface area contributed by atoms with E-state index in [1.54, 1.807) is 0 Å². The summed E-state index contributed by atoms with van der Waals surface area (Å²) in [6.07, 6.45) is 0. The molecule has 0 saturated heterocycles. The van der Waals surface area contributed by atoms with Crippen LogP contribution in [0, 0.1) is 0 Å². The van der Waals surface area contributed by atoms with Gasteiger partial charge in [0.25, 0.3) is 0 Å². The maximum Gasteiger partial charge on any atom is 0.315 e. The van der Waals surface area contributed by atoms with Gasteiger partial charge in [0.1, 0.15) is 0 Å². The quantitative estimate of drug-likeness (QED) is 0.852. The third kappa shape index (κ3) is 3.94. The van der Waals surface area contributed by atoms with Gasteiger partial charge in [-0.3, -0.25) is 0 Å². The molecule has 0 spiro atoms. The number of hydrogen-bond acceptors (Lipinski definition) is 5. The van der Waals surface area contributed by atoms with Crippen molar-refractivity contribution in [3.05, 3.63) is 40.7 Å². The van der Waals surface area contributed by atoms with E-state index >= 15 is 0 Å². The molecule has 0 fully saturated rings. The monoisotopic (exact) mass is 280 g/mol. The summed E-state index contributed by atoms with van der Waals surface area (Å²) < 4.78 is 5.48. The topological polar surface area (TPSA) is 63.0 Å². The average molecular weight is 281 g/mol. The number of anilines is 1. The Kier molecular flexibility index (Phi) is 4.76. The summed E-state index contributed by atoms with van der Waals surface area (Å²) in [5.41, 5.74) is 1.07. The van der Waals surface area contributed by atoms with E-state index in [4.69, 9.17) is 16.0 Å². The number of benzene rings is 1. The van der Waals surface area contributed by atoms with Gasteiger partial charge in [0.15, 0.2) is 0 Å². The molecule has 5 nitrogen and oxygen atoms in total. The van der Waals surface area contributed by atoms with Gasteiger partial charge in [0.05, 0.1) is 12.6 Å². The lowest BCUT2D eigenvalue weighted by Gasteiger charge is -2.12. The normalized spacial score (nSPS) is 12.4. The lowest BCUT2D eigenvalue weighted by atomic mass is 10.1. The van der Waals surface area contributed by atoms with Crippen LogP contribution in [0.25, 0.3) is 0 Å². The first-order valence-electron chi connectivity index (χ1n) is 6.24. The van der Waals surface area contributed by atoms with Crippen LogP contribution in [0.2, 0.25) is 5.02 Å². The van der Waals surface area contributed by atoms with Gasteiger partial charge < -0.3 is 15.1 Å². The Morgan fingerprint density at radius 1 is 1.37 bits per heavy atom. The Balaban J connectivity index is 1.98. The molecule has 0 radical (unpaired) electrons. The third-order valence-corrected chi connectivity index (χ3v) is 2.92.